The minimum absolute atomic E-state index is 0.148. The molecule has 0 spiro atoms. The number of aryl methyl sites for hydroxylation is 1. The zero-order valence-electron chi connectivity index (χ0n) is 10.5. The quantitative estimate of drug-likeness (QED) is 0.688. The van der Waals surface area contributed by atoms with Crippen molar-refractivity contribution in [3.05, 3.63) is 62.2 Å². The summed E-state index contributed by atoms with van der Waals surface area (Å²) in [6.45, 7) is 1.88. The highest BCUT2D eigenvalue weighted by Gasteiger charge is 2.19. The smallest absolute Gasteiger partial charge is 0.284 e. The predicted molar refractivity (Wildman–Crippen MR) is 77.7 cm³/mol. The molecule has 0 saturated carbocycles. The Kier molecular flexibility index (Phi) is 4.09. The second-order valence-electron chi connectivity index (χ2n) is 4.07. The second-order valence-corrected chi connectivity index (χ2v) is 4.86. The second kappa shape index (κ2) is 5.79. The number of benzene rings is 1. The van der Waals surface area contributed by atoms with Gasteiger partial charge >= 0.3 is 0 Å². The van der Waals surface area contributed by atoms with Gasteiger partial charge in [-0.25, -0.2) is 4.98 Å². The molecule has 0 atom stereocenters. The molecule has 1 N–H and O–H groups in total. The van der Waals surface area contributed by atoms with Gasteiger partial charge in [-0.15, -0.1) is 0 Å². The van der Waals surface area contributed by atoms with Gasteiger partial charge in [0.05, 0.1) is 10.5 Å². The molecule has 0 unspecified atom stereocenters. The summed E-state index contributed by atoms with van der Waals surface area (Å²) in [6, 6.07) is 7.80. The van der Waals surface area contributed by atoms with E-state index in [4.69, 9.17) is 0 Å². The van der Waals surface area contributed by atoms with Gasteiger partial charge in [0.25, 0.3) is 11.6 Å². The van der Waals surface area contributed by atoms with Crippen molar-refractivity contribution in [2.75, 3.05) is 5.32 Å². The molecule has 6 nitrogen and oxygen atoms in total. The predicted octanol–water partition coefficient (Wildman–Crippen LogP) is 3.31. The van der Waals surface area contributed by atoms with Crippen LogP contribution in [-0.4, -0.2) is 15.8 Å². The third-order valence-corrected chi connectivity index (χ3v) is 3.41. The van der Waals surface area contributed by atoms with Gasteiger partial charge in [-0.2, -0.15) is 0 Å². The maximum absolute atomic E-state index is 12.1. The average Bonchev–Trinajstić information content (AvgIpc) is 2.38. The molecular formula is C13H10BrN3O3. The van der Waals surface area contributed by atoms with Crippen molar-refractivity contribution in [1.82, 2.24) is 4.98 Å². The van der Waals surface area contributed by atoms with Crippen LogP contribution in [0.5, 0.6) is 0 Å². The molecule has 0 aliphatic heterocycles. The lowest BCUT2D eigenvalue weighted by Gasteiger charge is -2.06. The summed E-state index contributed by atoms with van der Waals surface area (Å²) in [5, 5.41) is 13.4. The van der Waals surface area contributed by atoms with E-state index in [-0.39, 0.29) is 15.7 Å². The van der Waals surface area contributed by atoms with E-state index < -0.39 is 10.8 Å². The molecule has 7 heteroatoms. The molecule has 0 fully saturated rings. The van der Waals surface area contributed by atoms with Gasteiger partial charge in [-0.1, -0.05) is 6.07 Å². The van der Waals surface area contributed by atoms with E-state index in [1.165, 1.54) is 18.2 Å². The number of amides is 1. The van der Waals surface area contributed by atoms with Crippen LogP contribution in [0.25, 0.3) is 0 Å². The fourth-order valence-electron chi connectivity index (χ4n) is 1.62. The first-order valence-electron chi connectivity index (χ1n) is 5.66. The van der Waals surface area contributed by atoms with Crippen molar-refractivity contribution in [2.24, 2.45) is 0 Å². The summed E-state index contributed by atoms with van der Waals surface area (Å²) in [5.41, 5.74) is 0.978. The van der Waals surface area contributed by atoms with E-state index in [9.17, 15) is 14.9 Å². The number of nitro groups is 1. The van der Waals surface area contributed by atoms with Gasteiger partial charge in [0.2, 0.25) is 0 Å². The standard InChI is InChI=1S/C13H10BrN3O3/c1-8-5-6-15-11(7-8)16-13(18)9-3-2-4-10(12(9)14)17(19)20/h2-7H,1H3,(H,15,16,18). The Morgan fingerprint density at radius 1 is 1.40 bits per heavy atom. The van der Waals surface area contributed by atoms with Crippen molar-refractivity contribution >= 4 is 33.3 Å². The minimum atomic E-state index is -0.550. The number of rotatable bonds is 3. The van der Waals surface area contributed by atoms with E-state index in [0.717, 1.165) is 5.56 Å². The van der Waals surface area contributed by atoms with Gasteiger partial charge in [-0.05, 0) is 46.6 Å². The SMILES string of the molecule is Cc1ccnc(NC(=O)c2cccc([N+](=O)[O-])c2Br)c1. The summed E-state index contributed by atoms with van der Waals surface area (Å²) < 4.78 is 0.148. The maximum atomic E-state index is 12.1. The van der Waals surface area contributed by atoms with Gasteiger partial charge in [0, 0.05) is 12.3 Å². The van der Waals surface area contributed by atoms with Crippen LogP contribution in [0.3, 0.4) is 0 Å². The van der Waals surface area contributed by atoms with E-state index in [1.807, 2.05) is 6.92 Å². The molecule has 1 amide bonds. The van der Waals surface area contributed by atoms with Crippen LogP contribution in [0, 0.1) is 17.0 Å². The number of nitrogens with zero attached hydrogens (tertiary/aromatic N) is 2. The summed E-state index contributed by atoms with van der Waals surface area (Å²) >= 11 is 3.09. The number of nitrogens with one attached hydrogen (secondary N) is 1. The third-order valence-electron chi connectivity index (χ3n) is 2.58. The number of aromatic nitrogens is 1. The van der Waals surface area contributed by atoms with Crippen molar-refractivity contribution in [3.63, 3.8) is 0 Å². The molecule has 20 heavy (non-hydrogen) atoms. The van der Waals surface area contributed by atoms with Crippen molar-refractivity contribution in [2.45, 2.75) is 6.92 Å². The topological polar surface area (TPSA) is 85.1 Å². The van der Waals surface area contributed by atoms with Crippen LogP contribution >= 0.6 is 15.9 Å². The van der Waals surface area contributed by atoms with Crippen LogP contribution in [0.2, 0.25) is 0 Å². The summed E-state index contributed by atoms with van der Waals surface area (Å²) in [6.07, 6.45) is 1.58. The lowest BCUT2D eigenvalue weighted by molar-refractivity contribution is -0.385. The van der Waals surface area contributed by atoms with Crippen LogP contribution < -0.4 is 5.32 Å². The highest BCUT2D eigenvalue weighted by molar-refractivity contribution is 9.10. The molecule has 0 radical (unpaired) electrons. The van der Waals surface area contributed by atoms with Gasteiger partial charge in [0.15, 0.2) is 0 Å². The first-order valence-corrected chi connectivity index (χ1v) is 6.45. The fraction of sp³-hybridized carbons (Fsp3) is 0.0769. The molecule has 2 rings (SSSR count). The summed E-state index contributed by atoms with van der Waals surface area (Å²) in [5.74, 6) is -0.0629. The van der Waals surface area contributed by atoms with Crippen molar-refractivity contribution in [1.29, 1.82) is 0 Å². The van der Waals surface area contributed by atoms with Crippen molar-refractivity contribution in [3.8, 4) is 0 Å². The highest BCUT2D eigenvalue weighted by Crippen LogP contribution is 2.28. The number of hydrogen-bond acceptors (Lipinski definition) is 4. The molecule has 102 valence electrons. The molecular weight excluding hydrogens is 326 g/mol. The van der Waals surface area contributed by atoms with Crippen molar-refractivity contribution < 1.29 is 9.72 Å². The average molecular weight is 336 g/mol. The van der Waals surface area contributed by atoms with Crippen LogP contribution in [0.4, 0.5) is 11.5 Å². The van der Waals surface area contributed by atoms with Crippen LogP contribution in [-0.2, 0) is 0 Å². The minimum Gasteiger partial charge on any atom is -0.307 e. The number of pyridine rings is 1. The van der Waals surface area contributed by atoms with Crippen LogP contribution in [0.15, 0.2) is 41.0 Å². The zero-order chi connectivity index (χ0) is 14.7. The third kappa shape index (κ3) is 3.00. The molecule has 1 aromatic carbocycles. The summed E-state index contributed by atoms with van der Waals surface area (Å²) in [4.78, 5) is 26.4. The number of anilines is 1. The Morgan fingerprint density at radius 2 is 2.15 bits per heavy atom. The molecule has 1 heterocycles. The Morgan fingerprint density at radius 3 is 2.80 bits per heavy atom. The number of halogens is 1. The number of carbonyl (C=O) groups is 1. The summed E-state index contributed by atoms with van der Waals surface area (Å²) in [7, 11) is 0. The number of carbonyl (C=O) groups excluding carboxylic acids is 1. The van der Waals surface area contributed by atoms with Crippen LogP contribution in [0.1, 0.15) is 15.9 Å². The van der Waals surface area contributed by atoms with E-state index in [0.29, 0.717) is 5.82 Å². The number of nitro benzene ring substituents is 1. The first kappa shape index (κ1) is 14.1. The number of hydrogen-bond donors (Lipinski definition) is 1. The lowest BCUT2D eigenvalue weighted by atomic mass is 10.2. The van der Waals surface area contributed by atoms with E-state index in [1.54, 1.807) is 18.3 Å². The Labute approximate surface area is 123 Å². The highest BCUT2D eigenvalue weighted by atomic mass is 79.9. The van der Waals surface area contributed by atoms with E-state index in [2.05, 4.69) is 26.2 Å². The lowest BCUT2D eigenvalue weighted by Crippen LogP contribution is -2.14. The maximum Gasteiger partial charge on any atom is 0.284 e. The molecule has 0 saturated heterocycles. The largest absolute Gasteiger partial charge is 0.307 e. The fourth-order valence-corrected chi connectivity index (χ4v) is 2.21. The Bertz CT molecular complexity index is 688. The van der Waals surface area contributed by atoms with Gasteiger partial charge < -0.3 is 5.32 Å². The Hall–Kier alpha value is -2.28. The molecule has 1 aromatic heterocycles. The molecule has 0 aliphatic carbocycles. The zero-order valence-corrected chi connectivity index (χ0v) is 12.0. The molecule has 0 bridgehead atoms. The van der Waals surface area contributed by atoms with Gasteiger partial charge in [0.1, 0.15) is 10.3 Å². The normalized spacial score (nSPS) is 10.1. The first-order chi connectivity index (χ1) is 9.49. The van der Waals surface area contributed by atoms with E-state index >= 15 is 0 Å². The van der Waals surface area contributed by atoms with Gasteiger partial charge in [-0.3, -0.25) is 14.9 Å². The molecule has 0 aliphatic rings. The molecule has 2 aromatic rings. The monoisotopic (exact) mass is 335 g/mol. The Balaban J connectivity index is 2.30.